The van der Waals surface area contributed by atoms with Crippen LogP contribution in [0.3, 0.4) is 0 Å². The number of nitrogens with zero attached hydrogens (tertiary/aromatic N) is 2. The number of aromatic hydroxyl groups is 2. The summed E-state index contributed by atoms with van der Waals surface area (Å²) >= 11 is 0. The summed E-state index contributed by atoms with van der Waals surface area (Å²) in [4.78, 5) is 17.5. The number of carbonyl (C=O) groups excluding carboxylic acids is 1. The molecule has 2 N–H and O–H groups in total. The van der Waals surface area contributed by atoms with Gasteiger partial charge in [0.1, 0.15) is 5.82 Å². The van der Waals surface area contributed by atoms with E-state index in [1.807, 2.05) is 0 Å². The number of para-hydroxylation sites is 1. The number of phenolic OH excluding ortho intramolecular Hbond substituents is 2. The van der Waals surface area contributed by atoms with Crippen LogP contribution in [0, 0.1) is 0 Å². The zero-order chi connectivity index (χ0) is 13.1. The molecule has 92 valence electrons. The van der Waals surface area contributed by atoms with Crippen molar-refractivity contribution in [2.45, 2.75) is 0 Å². The molecule has 0 aliphatic heterocycles. The molecule has 0 saturated carbocycles. The number of aromatic nitrogens is 1. The second-order valence-electron chi connectivity index (χ2n) is 3.73. The van der Waals surface area contributed by atoms with Gasteiger partial charge in [0, 0.05) is 13.2 Å². The molecule has 18 heavy (non-hydrogen) atoms. The molecule has 0 saturated heterocycles. The fourth-order valence-electron chi connectivity index (χ4n) is 1.54. The fourth-order valence-corrected chi connectivity index (χ4v) is 1.54. The number of hydrogen-bond acceptors (Lipinski definition) is 4. The minimum Gasteiger partial charge on any atom is -0.504 e. The van der Waals surface area contributed by atoms with E-state index in [0.717, 1.165) is 0 Å². The highest BCUT2D eigenvalue weighted by atomic mass is 16.3. The molecule has 5 nitrogen and oxygen atoms in total. The highest BCUT2D eigenvalue weighted by Crippen LogP contribution is 2.29. The van der Waals surface area contributed by atoms with Gasteiger partial charge in [-0.2, -0.15) is 0 Å². The summed E-state index contributed by atoms with van der Waals surface area (Å²) in [5, 5.41) is 19.0. The molecule has 0 unspecified atom stereocenters. The predicted molar refractivity (Wildman–Crippen MR) is 66.7 cm³/mol. The molecule has 1 amide bonds. The molecule has 0 aliphatic carbocycles. The molecule has 1 heterocycles. The number of rotatable bonds is 2. The van der Waals surface area contributed by atoms with Crippen LogP contribution in [-0.2, 0) is 0 Å². The van der Waals surface area contributed by atoms with Crippen molar-refractivity contribution in [2.75, 3.05) is 11.9 Å². The highest BCUT2D eigenvalue weighted by Gasteiger charge is 2.19. The summed E-state index contributed by atoms with van der Waals surface area (Å²) in [6, 6.07) is 9.43. The Morgan fingerprint density at radius 3 is 2.61 bits per heavy atom. The van der Waals surface area contributed by atoms with Gasteiger partial charge in [-0.25, -0.2) is 4.98 Å². The van der Waals surface area contributed by atoms with E-state index < -0.39 is 11.7 Å². The van der Waals surface area contributed by atoms with E-state index in [1.54, 1.807) is 31.4 Å². The van der Waals surface area contributed by atoms with Crippen molar-refractivity contribution in [3.05, 3.63) is 48.2 Å². The van der Waals surface area contributed by atoms with E-state index in [0.29, 0.717) is 5.82 Å². The van der Waals surface area contributed by atoms with E-state index >= 15 is 0 Å². The van der Waals surface area contributed by atoms with Crippen LogP contribution < -0.4 is 4.90 Å². The standard InChI is InChI=1S/C13H12N2O3/c1-15(11-7-2-3-8-14-11)13(18)9-5-4-6-10(16)12(9)17/h2-8,16-17H,1H3. The van der Waals surface area contributed by atoms with Crippen molar-refractivity contribution in [1.29, 1.82) is 0 Å². The Hall–Kier alpha value is -2.56. The number of pyridine rings is 1. The third-order valence-corrected chi connectivity index (χ3v) is 2.54. The molecular formula is C13H12N2O3. The molecule has 1 aromatic carbocycles. The van der Waals surface area contributed by atoms with Gasteiger partial charge in [0.2, 0.25) is 0 Å². The largest absolute Gasteiger partial charge is 0.504 e. The maximum absolute atomic E-state index is 12.1. The fraction of sp³-hybridized carbons (Fsp3) is 0.0769. The van der Waals surface area contributed by atoms with Crippen molar-refractivity contribution in [1.82, 2.24) is 4.98 Å². The van der Waals surface area contributed by atoms with Gasteiger partial charge < -0.3 is 10.2 Å². The van der Waals surface area contributed by atoms with Crippen molar-refractivity contribution >= 4 is 11.7 Å². The molecule has 0 aliphatic rings. The van der Waals surface area contributed by atoms with E-state index in [4.69, 9.17) is 0 Å². The average Bonchev–Trinajstić information content (AvgIpc) is 2.41. The quantitative estimate of drug-likeness (QED) is 0.789. The van der Waals surface area contributed by atoms with E-state index in [1.165, 1.54) is 23.1 Å². The van der Waals surface area contributed by atoms with Crippen molar-refractivity contribution < 1.29 is 15.0 Å². The zero-order valence-electron chi connectivity index (χ0n) is 9.74. The molecule has 0 radical (unpaired) electrons. The first-order valence-corrected chi connectivity index (χ1v) is 5.31. The molecule has 0 atom stereocenters. The number of anilines is 1. The molecule has 5 heteroatoms. The second kappa shape index (κ2) is 4.75. The molecule has 2 rings (SSSR count). The summed E-state index contributed by atoms with van der Waals surface area (Å²) in [6.07, 6.45) is 1.57. The maximum Gasteiger partial charge on any atom is 0.263 e. The first-order valence-electron chi connectivity index (χ1n) is 5.31. The van der Waals surface area contributed by atoms with Gasteiger partial charge in [-0.1, -0.05) is 12.1 Å². The van der Waals surface area contributed by atoms with Crippen LogP contribution in [-0.4, -0.2) is 28.2 Å². The predicted octanol–water partition coefficient (Wildman–Crippen LogP) is 1.77. The van der Waals surface area contributed by atoms with E-state index in [-0.39, 0.29) is 11.3 Å². The third-order valence-electron chi connectivity index (χ3n) is 2.54. The lowest BCUT2D eigenvalue weighted by atomic mass is 10.1. The smallest absolute Gasteiger partial charge is 0.263 e. The Morgan fingerprint density at radius 2 is 1.94 bits per heavy atom. The van der Waals surface area contributed by atoms with Gasteiger partial charge in [0.15, 0.2) is 11.5 Å². The number of hydrogen-bond donors (Lipinski definition) is 2. The minimum absolute atomic E-state index is 0.0307. The van der Waals surface area contributed by atoms with Gasteiger partial charge in [-0.05, 0) is 24.3 Å². The first kappa shape index (κ1) is 11.9. The lowest BCUT2D eigenvalue weighted by Gasteiger charge is -2.16. The topological polar surface area (TPSA) is 73.7 Å². The number of benzene rings is 1. The van der Waals surface area contributed by atoms with Crippen molar-refractivity contribution in [2.24, 2.45) is 0 Å². The first-order chi connectivity index (χ1) is 8.61. The van der Waals surface area contributed by atoms with Gasteiger partial charge in [0.05, 0.1) is 5.56 Å². The Bertz CT molecular complexity index is 570. The number of amides is 1. The van der Waals surface area contributed by atoms with Gasteiger partial charge in [0.25, 0.3) is 5.91 Å². The lowest BCUT2D eigenvalue weighted by molar-refractivity contribution is 0.0989. The van der Waals surface area contributed by atoms with Gasteiger partial charge in [-0.3, -0.25) is 9.69 Å². The Balaban J connectivity index is 2.35. The second-order valence-corrected chi connectivity index (χ2v) is 3.73. The maximum atomic E-state index is 12.1. The third kappa shape index (κ3) is 2.10. The van der Waals surface area contributed by atoms with Crippen molar-refractivity contribution in [3.8, 4) is 11.5 Å². The highest BCUT2D eigenvalue weighted by molar-refractivity contribution is 6.07. The monoisotopic (exact) mass is 244 g/mol. The van der Waals surface area contributed by atoms with Crippen LogP contribution in [0.25, 0.3) is 0 Å². The molecule has 2 aromatic rings. The van der Waals surface area contributed by atoms with E-state index in [2.05, 4.69) is 4.98 Å². The van der Waals surface area contributed by atoms with Gasteiger partial charge >= 0.3 is 0 Å². The Morgan fingerprint density at radius 1 is 1.17 bits per heavy atom. The summed E-state index contributed by atoms with van der Waals surface area (Å²) < 4.78 is 0. The summed E-state index contributed by atoms with van der Waals surface area (Å²) in [5.41, 5.74) is 0.0307. The average molecular weight is 244 g/mol. The number of phenols is 2. The molecular weight excluding hydrogens is 232 g/mol. The van der Waals surface area contributed by atoms with Crippen LogP contribution in [0.1, 0.15) is 10.4 Å². The molecule has 0 spiro atoms. The Kier molecular flexibility index (Phi) is 3.14. The van der Waals surface area contributed by atoms with Crippen LogP contribution in [0.4, 0.5) is 5.82 Å². The van der Waals surface area contributed by atoms with Gasteiger partial charge in [-0.15, -0.1) is 0 Å². The number of carbonyl (C=O) groups is 1. The molecule has 0 fully saturated rings. The summed E-state index contributed by atoms with van der Waals surface area (Å²) in [7, 11) is 1.55. The lowest BCUT2D eigenvalue weighted by Crippen LogP contribution is -2.27. The molecule has 0 bridgehead atoms. The van der Waals surface area contributed by atoms with Crippen LogP contribution in [0.15, 0.2) is 42.6 Å². The molecule has 1 aromatic heterocycles. The van der Waals surface area contributed by atoms with E-state index in [9.17, 15) is 15.0 Å². The minimum atomic E-state index is -0.442. The van der Waals surface area contributed by atoms with Crippen LogP contribution >= 0.6 is 0 Å². The van der Waals surface area contributed by atoms with Crippen LogP contribution in [0.2, 0.25) is 0 Å². The summed E-state index contributed by atoms with van der Waals surface area (Å²) in [6.45, 7) is 0. The summed E-state index contributed by atoms with van der Waals surface area (Å²) in [5.74, 6) is -0.729. The zero-order valence-corrected chi connectivity index (χ0v) is 9.74. The van der Waals surface area contributed by atoms with Crippen LogP contribution in [0.5, 0.6) is 11.5 Å². The normalized spacial score (nSPS) is 10.1. The SMILES string of the molecule is CN(C(=O)c1cccc(O)c1O)c1ccccn1. The Labute approximate surface area is 104 Å². The van der Waals surface area contributed by atoms with Crippen molar-refractivity contribution in [3.63, 3.8) is 0 Å².